The molecule has 0 saturated carbocycles. The van der Waals surface area contributed by atoms with Crippen LogP contribution in [0.4, 0.5) is 10.2 Å². The quantitative estimate of drug-likeness (QED) is 0.867. The Morgan fingerprint density at radius 2 is 2.05 bits per heavy atom. The molecule has 1 N–H and O–H groups in total. The van der Waals surface area contributed by atoms with Crippen LogP contribution in [0.5, 0.6) is 0 Å². The molecule has 3 heteroatoms. The number of fused-ring (bicyclic) bond motifs is 1. The Labute approximate surface area is 114 Å². The van der Waals surface area contributed by atoms with E-state index in [4.69, 9.17) is 0 Å². The zero-order valence-electron chi connectivity index (χ0n) is 12.0. The second kappa shape index (κ2) is 5.55. The van der Waals surface area contributed by atoms with Crippen LogP contribution >= 0.6 is 0 Å². The number of rotatable bonds is 4. The van der Waals surface area contributed by atoms with Gasteiger partial charge in [-0.2, -0.15) is 0 Å². The van der Waals surface area contributed by atoms with Crippen LogP contribution in [0.25, 0.3) is 10.9 Å². The molecule has 102 valence electrons. The van der Waals surface area contributed by atoms with Crippen LogP contribution < -0.4 is 5.32 Å². The van der Waals surface area contributed by atoms with Crippen LogP contribution in [0.2, 0.25) is 0 Å². The van der Waals surface area contributed by atoms with E-state index >= 15 is 0 Å². The molecular weight excluding hydrogens is 239 g/mol. The Kier molecular flexibility index (Phi) is 4.03. The van der Waals surface area contributed by atoms with Gasteiger partial charge in [0.25, 0.3) is 0 Å². The zero-order chi connectivity index (χ0) is 14.0. The molecule has 19 heavy (non-hydrogen) atoms. The zero-order valence-corrected chi connectivity index (χ0v) is 12.0. The molecule has 0 saturated heterocycles. The predicted molar refractivity (Wildman–Crippen MR) is 79.3 cm³/mol. The average molecular weight is 260 g/mol. The summed E-state index contributed by atoms with van der Waals surface area (Å²) in [5.41, 5.74) is 2.83. The number of halogens is 1. The number of pyridine rings is 1. The predicted octanol–water partition coefficient (Wildman–Crippen LogP) is 4.63. The van der Waals surface area contributed by atoms with E-state index in [-0.39, 0.29) is 5.82 Å². The van der Waals surface area contributed by atoms with E-state index in [0.717, 1.165) is 35.4 Å². The first-order chi connectivity index (χ1) is 9.04. The molecule has 0 aliphatic heterocycles. The molecule has 0 amide bonds. The van der Waals surface area contributed by atoms with Crippen molar-refractivity contribution in [3.8, 4) is 0 Å². The standard InChI is InChI=1S/C16H21FN2/c1-5-8-18-16-12(10(2)3)9-13-14(17)7-6-11(4)15(13)19-16/h6-7,9-10H,5,8H2,1-4H3,(H,18,19). The van der Waals surface area contributed by atoms with Crippen molar-refractivity contribution >= 4 is 16.7 Å². The number of hydrogen-bond donors (Lipinski definition) is 1. The number of aromatic nitrogens is 1. The first-order valence-electron chi connectivity index (χ1n) is 6.88. The van der Waals surface area contributed by atoms with Crippen molar-refractivity contribution < 1.29 is 4.39 Å². The van der Waals surface area contributed by atoms with Crippen molar-refractivity contribution in [1.82, 2.24) is 4.98 Å². The summed E-state index contributed by atoms with van der Waals surface area (Å²) >= 11 is 0. The van der Waals surface area contributed by atoms with Gasteiger partial charge in [-0.25, -0.2) is 9.37 Å². The van der Waals surface area contributed by atoms with E-state index in [1.54, 1.807) is 6.07 Å². The lowest BCUT2D eigenvalue weighted by Crippen LogP contribution is -2.07. The highest BCUT2D eigenvalue weighted by Gasteiger charge is 2.13. The lowest BCUT2D eigenvalue weighted by molar-refractivity contribution is 0.639. The second-order valence-corrected chi connectivity index (χ2v) is 5.27. The molecule has 0 bridgehead atoms. The molecule has 2 rings (SSSR count). The summed E-state index contributed by atoms with van der Waals surface area (Å²) in [4.78, 5) is 4.64. The monoisotopic (exact) mass is 260 g/mol. The summed E-state index contributed by atoms with van der Waals surface area (Å²) in [5.74, 6) is 1.01. The SMILES string of the molecule is CCCNc1nc2c(C)ccc(F)c2cc1C(C)C. The minimum Gasteiger partial charge on any atom is -0.370 e. The van der Waals surface area contributed by atoms with Crippen molar-refractivity contribution in [2.24, 2.45) is 0 Å². The van der Waals surface area contributed by atoms with E-state index in [9.17, 15) is 4.39 Å². The molecule has 1 aromatic heterocycles. The Morgan fingerprint density at radius 3 is 2.68 bits per heavy atom. The van der Waals surface area contributed by atoms with E-state index < -0.39 is 0 Å². The minimum atomic E-state index is -0.197. The second-order valence-electron chi connectivity index (χ2n) is 5.27. The topological polar surface area (TPSA) is 24.9 Å². The Hall–Kier alpha value is -1.64. The van der Waals surface area contributed by atoms with Gasteiger partial charge < -0.3 is 5.32 Å². The molecule has 0 spiro atoms. The van der Waals surface area contributed by atoms with Gasteiger partial charge in [-0.15, -0.1) is 0 Å². The van der Waals surface area contributed by atoms with Crippen LogP contribution in [0.15, 0.2) is 18.2 Å². The van der Waals surface area contributed by atoms with Crippen LogP contribution in [0.3, 0.4) is 0 Å². The molecule has 2 nitrogen and oxygen atoms in total. The van der Waals surface area contributed by atoms with Crippen LogP contribution in [-0.2, 0) is 0 Å². The smallest absolute Gasteiger partial charge is 0.132 e. The van der Waals surface area contributed by atoms with Gasteiger partial charge in [0, 0.05) is 11.9 Å². The Morgan fingerprint density at radius 1 is 1.32 bits per heavy atom. The number of anilines is 1. The number of hydrogen-bond acceptors (Lipinski definition) is 2. The van der Waals surface area contributed by atoms with Gasteiger partial charge >= 0.3 is 0 Å². The molecule has 2 aromatic rings. The number of benzene rings is 1. The summed E-state index contributed by atoms with van der Waals surface area (Å²) in [6.45, 7) is 9.18. The fraction of sp³-hybridized carbons (Fsp3) is 0.438. The largest absolute Gasteiger partial charge is 0.370 e. The minimum absolute atomic E-state index is 0.197. The number of aryl methyl sites for hydroxylation is 1. The number of nitrogens with one attached hydrogen (secondary N) is 1. The van der Waals surface area contributed by atoms with Gasteiger partial charge in [0.1, 0.15) is 11.6 Å². The first kappa shape index (κ1) is 13.8. The summed E-state index contributed by atoms with van der Waals surface area (Å²) in [6, 6.07) is 5.24. The van der Waals surface area contributed by atoms with Crippen molar-refractivity contribution in [2.45, 2.75) is 40.0 Å². The molecule has 0 radical (unpaired) electrons. The average Bonchev–Trinajstić information content (AvgIpc) is 2.39. The summed E-state index contributed by atoms with van der Waals surface area (Å²) < 4.78 is 13.9. The van der Waals surface area contributed by atoms with Crippen LogP contribution in [-0.4, -0.2) is 11.5 Å². The molecule has 0 fully saturated rings. The van der Waals surface area contributed by atoms with Crippen LogP contribution in [0.1, 0.15) is 44.2 Å². The number of nitrogens with zero attached hydrogens (tertiary/aromatic N) is 1. The van der Waals surface area contributed by atoms with Crippen molar-refractivity contribution in [3.63, 3.8) is 0 Å². The van der Waals surface area contributed by atoms with Gasteiger partial charge in [0.05, 0.1) is 5.52 Å². The summed E-state index contributed by atoms with van der Waals surface area (Å²) in [5, 5.41) is 3.97. The highest BCUT2D eigenvalue weighted by Crippen LogP contribution is 2.29. The summed E-state index contributed by atoms with van der Waals surface area (Å²) in [7, 11) is 0. The van der Waals surface area contributed by atoms with Crippen molar-refractivity contribution in [1.29, 1.82) is 0 Å². The molecule has 1 heterocycles. The van der Waals surface area contributed by atoms with Gasteiger partial charge in [-0.1, -0.05) is 26.8 Å². The first-order valence-corrected chi connectivity index (χ1v) is 6.88. The van der Waals surface area contributed by atoms with E-state index in [0.29, 0.717) is 11.3 Å². The van der Waals surface area contributed by atoms with Gasteiger partial charge in [-0.05, 0) is 42.5 Å². The van der Waals surface area contributed by atoms with E-state index in [1.807, 2.05) is 13.0 Å². The Bertz CT molecular complexity index is 591. The third kappa shape index (κ3) is 2.70. The normalized spacial score (nSPS) is 11.3. The highest BCUT2D eigenvalue weighted by atomic mass is 19.1. The fourth-order valence-corrected chi connectivity index (χ4v) is 2.20. The van der Waals surface area contributed by atoms with Crippen molar-refractivity contribution in [2.75, 3.05) is 11.9 Å². The maximum absolute atomic E-state index is 13.9. The molecule has 0 aliphatic carbocycles. The molecule has 1 aromatic carbocycles. The Balaban J connectivity index is 2.65. The maximum atomic E-state index is 13.9. The lowest BCUT2D eigenvalue weighted by Gasteiger charge is -2.15. The van der Waals surface area contributed by atoms with Gasteiger partial charge in [0.15, 0.2) is 0 Å². The van der Waals surface area contributed by atoms with Crippen molar-refractivity contribution in [3.05, 3.63) is 35.1 Å². The molecule has 0 atom stereocenters. The molecular formula is C16H21FN2. The molecule has 0 aliphatic rings. The maximum Gasteiger partial charge on any atom is 0.132 e. The fourth-order valence-electron chi connectivity index (χ4n) is 2.20. The van der Waals surface area contributed by atoms with E-state index in [1.165, 1.54) is 6.07 Å². The van der Waals surface area contributed by atoms with Gasteiger partial charge in [-0.3, -0.25) is 0 Å². The molecule has 0 unspecified atom stereocenters. The third-order valence-electron chi connectivity index (χ3n) is 3.33. The third-order valence-corrected chi connectivity index (χ3v) is 3.33. The van der Waals surface area contributed by atoms with Crippen LogP contribution in [0, 0.1) is 12.7 Å². The highest BCUT2D eigenvalue weighted by molar-refractivity contribution is 5.85. The summed E-state index contributed by atoms with van der Waals surface area (Å²) in [6.07, 6.45) is 1.04. The lowest BCUT2D eigenvalue weighted by atomic mass is 10.00. The van der Waals surface area contributed by atoms with Gasteiger partial charge in [0.2, 0.25) is 0 Å². The van der Waals surface area contributed by atoms with E-state index in [2.05, 4.69) is 31.1 Å².